The molecule has 2 aromatic carbocycles. The molecular formula is C24H30N4O4. The summed E-state index contributed by atoms with van der Waals surface area (Å²) in [5.74, 6) is -0.0644. The Morgan fingerprint density at radius 1 is 1.06 bits per heavy atom. The van der Waals surface area contributed by atoms with E-state index in [2.05, 4.69) is 20.7 Å². The number of ether oxygens (including phenoxy) is 1. The van der Waals surface area contributed by atoms with Crippen LogP contribution in [0.5, 0.6) is 5.75 Å². The second-order valence-electron chi connectivity index (χ2n) is 7.61. The van der Waals surface area contributed by atoms with Gasteiger partial charge in [0.25, 0.3) is 11.8 Å². The van der Waals surface area contributed by atoms with Crippen molar-refractivity contribution in [1.82, 2.24) is 15.6 Å². The minimum Gasteiger partial charge on any atom is -0.508 e. The van der Waals surface area contributed by atoms with Crippen LogP contribution < -0.4 is 10.7 Å². The fraction of sp³-hybridized carbons (Fsp3) is 0.375. The lowest BCUT2D eigenvalue weighted by Gasteiger charge is -2.33. The standard InChI is InChI=1S/C24H30N4O4/c29-21-11-9-19(10-12-21)18-26-27-24(31)22(28-14-16-32-17-15-28)8-4-5-13-25-23(30)20-6-2-1-3-7-20/h1-3,6-7,9-12,18,22,29H,4-5,8,13-17H2,(H,25,30)(H,27,31)/b26-18+. The molecule has 2 amide bonds. The summed E-state index contributed by atoms with van der Waals surface area (Å²) in [6, 6.07) is 15.4. The Hall–Kier alpha value is -3.23. The number of unbranched alkanes of at least 4 members (excludes halogenated alkanes) is 1. The number of nitrogens with one attached hydrogen (secondary N) is 2. The van der Waals surface area contributed by atoms with Crippen LogP contribution in [0.2, 0.25) is 0 Å². The SMILES string of the molecule is O=C(NCCCCC(C(=O)N/N=C/c1ccc(O)cc1)N1CCOCC1)c1ccccc1. The van der Waals surface area contributed by atoms with Crippen molar-refractivity contribution < 1.29 is 19.4 Å². The molecule has 0 aromatic heterocycles. The molecule has 2 aromatic rings. The van der Waals surface area contributed by atoms with Crippen molar-refractivity contribution in [2.45, 2.75) is 25.3 Å². The second-order valence-corrected chi connectivity index (χ2v) is 7.61. The molecule has 0 spiro atoms. The molecule has 0 bridgehead atoms. The Bertz CT molecular complexity index is 881. The summed E-state index contributed by atoms with van der Waals surface area (Å²) in [5, 5.41) is 16.3. The first-order valence-corrected chi connectivity index (χ1v) is 10.9. The van der Waals surface area contributed by atoms with Gasteiger partial charge in [-0.15, -0.1) is 0 Å². The predicted molar refractivity (Wildman–Crippen MR) is 123 cm³/mol. The fourth-order valence-electron chi connectivity index (χ4n) is 3.53. The first kappa shape index (κ1) is 23.4. The minimum atomic E-state index is -0.305. The fourth-order valence-corrected chi connectivity index (χ4v) is 3.53. The molecule has 1 atom stereocenters. The molecule has 170 valence electrons. The first-order chi connectivity index (χ1) is 15.6. The van der Waals surface area contributed by atoms with Gasteiger partial charge in [-0.1, -0.05) is 18.2 Å². The van der Waals surface area contributed by atoms with Crippen LogP contribution in [-0.2, 0) is 9.53 Å². The molecule has 1 fully saturated rings. The van der Waals surface area contributed by atoms with E-state index in [4.69, 9.17) is 4.74 Å². The van der Waals surface area contributed by atoms with Crippen LogP contribution in [0.1, 0.15) is 35.2 Å². The molecule has 8 heteroatoms. The maximum atomic E-state index is 12.8. The Labute approximate surface area is 188 Å². The molecule has 1 aliphatic heterocycles. The number of morpholine rings is 1. The van der Waals surface area contributed by atoms with E-state index in [1.165, 1.54) is 0 Å². The average Bonchev–Trinajstić information content (AvgIpc) is 2.83. The summed E-state index contributed by atoms with van der Waals surface area (Å²) in [6.07, 6.45) is 3.80. The van der Waals surface area contributed by atoms with E-state index in [0.29, 0.717) is 44.8 Å². The largest absolute Gasteiger partial charge is 0.508 e. The number of hydrogen-bond donors (Lipinski definition) is 3. The van der Waals surface area contributed by atoms with Crippen LogP contribution in [-0.4, -0.2) is 66.9 Å². The highest BCUT2D eigenvalue weighted by Gasteiger charge is 2.26. The van der Waals surface area contributed by atoms with Crippen molar-refractivity contribution in [1.29, 1.82) is 0 Å². The molecule has 32 heavy (non-hydrogen) atoms. The van der Waals surface area contributed by atoms with Gasteiger partial charge >= 0.3 is 0 Å². The molecule has 0 saturated carbocycles. The number of benzene rings is 2. The Morgan fingerprint density at radius 3 is 2.50 bits per heavy atom. The Kier molecular flexibility index (Phi) is 9.21. The number of phenolic OH excluding ortho intramolecular Hbond substituents is 1. The van der Waals surface area contributed by atoms with Crippen LogP contribution in [0.4, 0.5) is 0 Å². The van der Waals surface area contributed by atoms with Crippen LogP contribution in [0, 0.1) is 0 Å². The van der Waals surface area contributed by atoms with E-state index in [-0.39, 0.29) is 23.6 Å². The zero-order valence-electron chi connectivity index (χ0n) is 18.1. The Morgan fingerprint density at radius 2 is 1.78 bits per heavy atom. The van der Waals surface area contributed by atoms with Crippen molar-refractivity contribution >= 4 is 18.0 Å². The Balaban J connectivity index is 1.47. The van der Waals surface area contributed by atoms with E-state index in [9.17, 15) is 14.7 Å². The van der Waals surface area contributed by atoms with Crippen molar-refractivity contribution in [2.75, 3.05) is 32.8 Å². The number of phenols is 1. The van der Waals surface area contributed by atoms with Gasteiger partial charge in [0.1, 0.15) is 5.75 Å². The number of rotatable bonds is 10. The summed E-state index contributed by atoms with van der Waals surface area (Å²) in [6.45, 7) is 3.17. The van der Waals surface area contributed by atoms with Gasteiger partial charge in [0.05, 0.1) is 25.5 Å². The summed E-state index contributed by atoms with van der Waals surface area (Å²) in [7, 11) is 0. The average molecular weight is 439 g/mol. The van der Waals surface area contributed by atoms with Crippen molar-refractivity contribution in [3.05, 3.63) is 65.7 Å². The van der Waals surface area contributed by atoms with E-state index < -0.39 is 0 Å². The van der Waals surface area contributed by atoms with Crippen LogP contribution in [0.3, 0.4) is 0 Å². The molecule has 3 N–H and O–H groups in total. The number of nitrogens with zero attached hydrogens (tertiary/aromatic N) is 2. The third-order valence-electron chi connectivity index (χ3n) is 5.30. The smallest absolute Gasteiger partial charge is 0.257 e. The molecule has 1 saturated heterocycles. The molecule has 3 rings (SSSR count). The molecule has 1 unspecified atom stereocenters. The third kappa shape index (κ3) is 7.47. The summed E-state index contributed by atoms with van der Waals surface area (Å²) in [5.41, 5.74) is 4.06. The molecule has 0 radical (unpaired) electrons. The highest BCUT2D eigenvalue weighted by molar-refractivity contribution is 5.94. The zero-order chi connectivity index (χ0) is 22.6. The van der Waals surface area contributed by atoms with Crippen LogP contribution in [0.15, 0.2) is 59.7 Å². The number of aromatic hydroxyl groups is 1. The maximum Gasteiger partial charge on any atom is 0.257 e. The van der Waals surface area contributed by atoms with E-state index in [1.54, 1.807) is 42.6 Å². The minimum absolute atomic E-state index is 0.0864. The van der Waals surface area contributed by atoms with E-state index >= 15 is 0 Å². The summed E-state index contributed by atoms with van der Waals surface area (Å²) < 4.78 is 5.42. The number of hydrazone groups is 1. The van der Waals surface area contributed by atoms with E-state index in [0.717, 1.165) is 18.4 Å². The first-order valence-electron chi connectivity index (χ1n) is 10.9. The van der Waals surface area contributed by atoms with Crippen LogP contribution in [0.25, 0.3) is 0 Å². The topological polar surface area (TPSA) is 103 Å². The van der Waals surface area contributed by atoms with Gasteiger partial charge in [-0.05, 0) is 61.2 Å². The van der Waals surface area contributed by atoms with Gasteiger partial charge < -0.3 is 15.2 Å². The van der Waals surface area contributed by atoms with Gasteiger partial charge in [0.15, 0.2) is 0 Å². The lowest BCUT2D eigenvalue weighted by molar-refractivity contribution is -0.128. The highest BCUT2D eigenvalue weighted by atomic mass is 16.5. The predicted octanol–water partition coefficient (Wildman–Crippen LogP) is 2.14. The van der Waals surface area contributed by atoms with Crippen molar-refractivity contribution in [2.24, 2.45) is 5.10 Å². The maximum absolute atomic E-state index is 12.8. The lowest BCUT2D eigenvalue weighted by atomic mass is 10.1. The normalized spacial score (nSPS) is 15.4. The second kappa shape index (κ2) is 12.6. The van der Waals surface area contributed by atoms with Crippen LogP contribution >= 0.6 is 0 Å². The number of amides is 2. The van der Waals surface area contributed by atoms with E-state index in [1.807, 2.05) is 18.2 Å². The summed E-state index contributed by atoms with van der Waals surface area (Å²) in [4.78, 5) is 27.1. The zero-order valence-corrected chi connectivity index (χ0v) is 18.1. The van der Waals surface area contributed by atoms with Gasteiger partial charge in [-0.3, -0.25) is 14.5 Å². The van der Waals surface area contributed by atoms with Gasteiger partial charge in [0.2, 0.25) is 0 Å². The molecule has 1 aliphatic rings. The quantitative estimate of drug-likeness (QED) is 0.300. The number of hydrogen-bond acceptors (Lipinski definition) is 6. The monoisotopic (exact) mass is 438 g/mol. The number of carbonyl (C=O) groups is 2. The van der Waals surface area contributed by atoms with Gasteiger partial charge in [-0.25, -0.2) is 5.43 Å². The van der Waals surface area contributed by atoms with Gasteiger partial charge in [0, 0.05) is 25.2 Å². The molecule has 8 nitrogen and oxygen atoms in total. The molecule has 1 heterocycles. The van der Waals surface area contributed by atoms with Crippen molar-refractivity contribution in [3.8, 4) is 5.75 Å². The third-order valence-corrected chi connectivity index (χ3v) is 5.30. The lowest BCUT2D eigenvalue weighted by Crippen LogP contribution is -2.50. The molecular weight excluding hydrogens is 408 g/mol. The molecule has 0 aliphatic carbocycles. The van der Waals surface area contributed by atoms with Crippen molar-refractivity contribution in [3.63, 3.8) is 0 Å². The summed E-state index contributed by atoms with van der Waals surface area (Å²) >= 11 is 0. The van der Waals surface area contributed by atoms with Gasteiger partial charge in [-0.2, -0.15) is 5.10 Å². The number of carbonyl (C=O) groups excluding carboxylic acids is 2. The highest BCUT2D eigenvalue weighted by Crippen LogP contribution is 2.12.